The summed E-state index contributed by atoms with van der Waals surface area (Å²) in [7, 11) is 0. The van der Waals surface area contributed by atoms with Crippen LogP contribution in [0.2, 0.25) is 5.02 Å². The third-order valence-corrected chi connectivity index (χ3v) is 3.30. The molecule has 5 nitrogen and oxygen atoms in total. The van der Waals surface area contributed by atoms with Crippen molar-refractivity contribution in [2.24, 2.45) is 5.73 Å². The van der Waals surface area contributed by atoms with Crippen LogP contribution >= 0.6 is 24.0 Å². The Hall–Kier alpha value is -1.30. The van der Waals surface area contributed by atoms with Crippen molar-refractivity contribution in [2.45, 2.75) is 38.3 Å². The number of carbonyl (C=O) groups is 2. The molecule has 0 spiro atoms. The van der Waals surface area contributed by atoms with Gasteiger partial charge < -0.3 is 16.4 Å². The molecule has 0 bridgehead atoms. The van der Waals surface area contributed by atoms with Gasteiger partial charge in [-0.3, -0.25) is 9.59 Å². The first-order valence-corrected chi connectivity index (χ1v) is 6.86. The summed E-state index contributed by atoms with van der Waals surface area (Å²) >= 11 is 6.02. The van der Waals surface area contributed by atoms with Crippen molar-refractivity contribution in [1.82, 2.24) is 5.32 Å². The summed E-state index contributed by atoms with van der Waals surface area (Å²) in [4.78, 5) is 23.8. The summed E-state index contributed by atoms with van der Waals surface area (Å²) in [5.74, 6) is -0.547. The Balaban J connectivity index is 0.00000220. The molecule has 1 saturated carbocycles. The van der Waals surface area contributed by atoms with Gasteiger partial charge in [-0.05, 0) is 44.9 Å². The highest BCUT2D eigenvalue weighted by atomic mass is 35.5. The Kier molecular flexibility index (Phi) is 5.61. The molecule has 0 aromatic heterocycles. The van der Waals surface area contributed by atoms with Crippen LogP contribution in [0.1, 0.15) is 37.0 Å². The van der Waals surface area contributed by atoms with Gasteiger partial charge in [-0.25, -0.2) is 0 Å². The third kappa shape index (κ3) is 4.88. The molecule has 4 N–H and O–H groups in total. The molecule has 2 rings (SSSR count). The van der Waals surface area contributed by atoms with E-state index in [4.69, 9.17) is 17.3 Å². The van der Waals surface area contributed by atoms with Crippen molar-refractivity contribution < 1.29 is 9.59 Å². The highest BCUT2D eigenvalue weighted by Gasteiger charge is 2.25. The fourth-order valence-corrected chi connectivity index (χ4v) is 1.76. The van der Waals surface area contributed by atoms with Crippen LogP contribution in [0.5, 0.6) is 0 Å². The van der Waals surface area contributed by atoms with E-state index in [1.165, 1.54) is 0 Å². The van der Waals surface area contributed by atoms with E-state index in [2.05, 4.69) is 10.6 Å². The summed E-state index contributed by atoms with van der Waals surface area (Å²) < 4.78 is 0. The second-order valence-corrected chi connectivity index (χ2v) is 6.03. The molecule has 0 aliphatic heterocycles. The maximum Gasteiger partial charge on any atom is 0.253 e. The van der Waals surface area contributed by atoms with E-state index in [1.54, 1.807) is 32.0 Å². The van der Waals surface area contributed by atoms with Gasteiger partial charge in [0.05, 0.1) is 16.1 Å². The molecule has 0 atom stereocenters. The van der Waals surface area contributed by atoms with Gasteiger partial charge in [-0.1, -0.05) is 11.6 Å². The van der Waals surface area contributed by atoms with Crippen molar-refractivity contribution in [3.63, 3.8) is 0 Å². The maximum absolute atomic E-state index is 12.0. The van der Waals surface area contributed by atoms with Crippen molar-refractivity contribution in [3.8, 4) is 0 Å². The lowest BCUT2D eigenvalue weighted by Gasteiger charge is -2.18. The number of amides is 2. The van der Waals surface area contributed by atoms with Crippen molar-refractivity contribution in [2.75, 3.05) is 5.32 Å². The van der Waals surface area contributed by atoms with Gasteiger partial charge in [0, 0.05) is 11.7 Å². The molecule has 1 aromatic carbocycles. The number of benzene rings is 1. The van der Waals surface area contributed by atoms with Crippen LogP contribution in [0.4, 0.5) is 5.69 Å². The zero-order valence-electron chi connectivity index (χ0n) is 11.9. The van der Waals surface area contributed by atoms with Gasteiger partial charge in [0.1, 0.15) is 0 Å². The Morgan fingerprint density at radius 1 is 1.33 bits per heavy atom. The highest BCUT2D eigenvalue weighted by Crippen LogP contribution is 2.24. The normalized spacial score (nSPS) is 14.1. The van der Waals surface area contributed by atoms with Gasteiger partial charge in [-0.2, -0.15) is 0 Å². The zero-order chi connectivity index (χ0) is 14.9. The van der Waals surface area contributed by atoms with E-state index in [9.17, 15) is 9.59 Å². The van der Waals surface area contributed by atoms with E-state index in [0.29, 0.717) is 16.3 Å². The Morgan fingerprint density at radius 2 is 1.95 bits per heavy atom. The maximum atomic E-state index is 12.0. The fourth-order valence-electron chi connectivity index (χ4n) is 1.56. The molecular weight excluding hydrogens is 313 g/mol. The molecule has 7 heteroatoms. The van der Waals surface area contributed by atoms with E-state index in [-0.39, 0.29) is 30.3 Å². The van der Waals surface area contributed by atoms with E-state index in [0.717, 1.165) is 12.8 Å². The second-order valence-electron chi connectivity index (χ2n) is 5.62. The number of hydrogen-bond acceptors (Lipinski definition) is 3. The van der Waals surface area contributed by atoms with Crippen LogP contribution in [-0.4, -0.2) is 23.4 Å². The molecule has 21 heavy (non-hydrogen) atoms. The number of hydrogen-bond donors (Lipinski definition) is 3. The van der Waals surface area contributed by atoms with Gasteiger partial charge in [0.25, 0.3) is 5.91 Å². The molecule has 0 radical (unpaired) electrons. The van der Waals surface area contributed by atoms with E-state index >= 15 is 0 Å². The zero-order valence-corrected chi connectivity index (χ0v) is 13.5. The molecule has 116 valence electrons. The van der Waals surface area contributed by atoms with Gasteiger partial charge in [0.2, 0.25) is 5.91 Å². The average Bonchev–Trinajstić information content (AvgIpc) is 3.14. The van der Waals surface area contributed by atoms with E-state index < -0.39 is 5.54 Å². The monoisotopic (exact) mass is 331 g/mol. The first-order valence-electron chi connectivity index (χ1n) is 6.48. The minimum absolute atomic E-state index is 0. The topological polar surface area (TPSA) is 84.2 Å². The molecule has 1 fully saturated rings. The van der Waals surface area contributed by atoms with Gasteiger partial charge in [-0.15, -0.1) is 12.4 Å². The third-order valence-electron chi connectivity index (χ3n) is 2.97. The minimum atomic E-state index is -0.990. The molecule has 0 unspecified atom stereocenters. The van der Waals surface area contributed by atoms with Crippen LogP contribution in [0.15, 0.2) is 18.2 Å². The predicted molar refractivity (Wildman–Crippen MR) is 86.1 cm³/mol. The molecular formula is C14H19Cl2N3O2. The Bertz CT molecular complexity index is 552. The lowest BCUT2D eigenvalue weighted by atomic mass is 10.1. The summed E-state index contributed by atoms with van der Waals surface area (Å²) in [5.41, 5.74) is 5.57. The standard InChI is InChI=1S/C14H18ClN3O2.ClH/c1-14(2,16)13(20)18-9-5-6-11(15)10(7-9)12(19)17-8-3-4-8;/h5-8H,3-4,16H2,1-2H3,(H,17,19)(H,18,20);1H. The Labute approximate surface area is 135 Å². The van der Waals surface area contributed by atoms with E-state index in [1.807, 2.05) is 0 Å². The van der Waals surface area contributed by atoms with Gasteiger partial charge in [0.15, 0.2) is 0 Å². The SMILES string of the molecule is CC(C)(N)C(=O)Nc1ccc(Cl)c(C(=O)NC2CC2)c1.Cl. The van der Waals surface area contributed by atoms with Crippen LogP contribution in [-0.2, 0) is 4.79 Å². The molecule has 0 saturated heterocycles. The summed E-state index contributed by atoms with van der Waals surface area (Å²) in [5, 5.41) is 5.89. The van der Waals surface area contributed by atoms with Crippen LogP contribution in [0.3, 0.4) is 0 Å². The second kappa shape index (κ2) is 6.64. The summed E-state index contributed by atoms with van der Waals surface area (Å²) in [6.45, 7) is 3.22. The smallest absolute Gasteiger partial charge is 0.253 e. The van der Waals surface area contributed by atoms with Crippen molar-refractivity contribution in [3.05, 3.63) is 28.8 Å². The molecule has 0 heterocycles. The van der Waals surface area contributed by atoms with Crippen molar-refractivity contribution in [1.29, 1.82) is 0 Å². The quantitative estimate of drug-likeness (QED) is 0.791. The number of halogens is 2. The first kappa shape index (κ1) is 17.8. The van der Waals surface area contributed by atoms with Crippen LogP contribution in [0, 0.1) is 0 Å². The number of rotatable bonds is 4. The fraction of sp³-hybridized carbons (Fsp3) is 0.429. The Morgan fingerprint density at radius 3 is 2.48 bits per heavy atom. The molecule has 2 amide bonds. The van der Waals surface area contributed by atoms with Crippen LogP contribution in [0.25, 0.3) is 0 Å². The number of nitrogens with one attached hydrogen (secondary N) is 2. The lowest BCUT2D eigenvalue weighted by molar-refractivity contribution is -0.120. The number of carbonyl (C=O) groups excluding carboxylic acids is 2. The molecule has 1 aliphatic rings. The predicted octanol–water partition coefficient (Wildman–Crippen LogP) is 2.33. The number of nitrogens with two attached hydrogens (primary N) is 1. The summed E-state index contributed by atoms with van der Waals surface area (Å²) in [6.07, 6.45) is 2.00. The minimum Gasteiger partial charge on any atom is -0.349 e. The first-order chi connectivity index (χ1) is 9.27. The van der Waals surface area contributed by atoms with Crippen LogP contribution < -0.4 is 16.4 Å². The lowest BCUT2D eigenvalue weighted by Crippen LogP contribution is -2.45. The largest absolute Gasteiger partial charge is 0.349 e. The summed E-state index contributed by atoms with van der Waals surface area (Å²) in [6, 6.07) is 5.03. The average molecular weight is 332 g/mol. The number of anilines is 1. The van der Waals surface area contributed by atoms with Gasteiger partial charge >= 0.3 is 0 Å². The highest BCUT2D eigenvalue weighted by molar-refractivity contribution is 6.34. The van der Waals surface area contributed by atoms with Crippen molar-refractivity contribution >= 4 is 41.5 Å². The molecule has 1 aliphatic carbocycles. The molecule has 1 aromatic rings.